The van der Waals surface area contributed by atoms with E-state index in [0.717, 1.165) is 0 Å². The van der Waals surface area contributed by atoms with Gasteiger partial charge in [0.15, 0.2) is 0 Å². The van der Waals surface area contributed by atoms with Crippen LogP contribution in [0.5, 0.6) is 0 Å². The summed E-state index contributed by atoms with van der Waals surface area (Å²) in [6.07, 6.45) is 16.0. The summed E-state index contributed by atoms with van der Waals surface area (Å²) in [7, 11) is 0. The summed E-state index contributed by atoms with van der Waals surface area (Å²) in [5, 5.41) is 1.32. The Labute approximate surface area is 109 Å². The molecule has 0 spiro atoms. The molecule has 95 valence electrons. The molecular formula is C15H21FeO. The topological polar surface area (TPSA) is 17.1 Å². The molecule has 17 heavy (non-hydrogen) atoms. The average Bonchev–Trinajstić information content (AvgIpc) is 2.89. The molecule has 1 nitrogen and oxygen atoms in total. The Kier molecular flexibility index (Phi) is 6.25. The monoisotopic (exact) mass is 273 g/mol. The Hall–Kier alpha value is -0.851. The second-order valence-corrected chi connectivity index (χ2v) is 7.21. The second kappa shape index (κ2) is 7.47. The summed E-state index contributed by atoms with van der Waals surface area (Å²) < 4.78 is 3.36. The zero-order valence-corrected chi connectivity index (χ0v) is 12.0. The van der Waals surface area contributed by atoms with Crippen LogP contribution in [-0.4, -0.2) is 5.78 Å². The molecule has 0 saturated heterocycles. The van der Waals surface area contributed by atoms with E-state index in [1.807, 2.05) is 0 Å². The fourth-order valence-corrected chi connectivity index (χ4v) is 4.53. The summed E-state index contributed by atoms with van der Waals surface area (Å²) in [4.78, 5) is 9.44. The Morgan fingerprint density at radius 3 is 1.76 bits per heavy atom. The van der Waals surface area contributed by atoms with Gasteiger partial charge in [-0.05, 0) is 13.8 Å². The van der Waals surface area contributed by atoms with Gasteiger partial charge in [0, 0.05) is 0 Å². The second-order valence-electron chi connectivity index (χ2n) is 3.96. The first-order valence-electron chi connectivity index (χ1n) is 5.95. The van der Waals surface area contributed by atoms with Crippen LogP contribution in [-0.2, 0) is 18.7 Å². The summed E-state index contributed by atoms with van der Waals surface area (Å²) in [5.41, 5.74) is 0. The van der Waals surface area contributed by atoms with Gasteiger partial charge in [0.05, 0.1) is 0 Å². The SMILES string of the molecule is CC(C)=O.C[CH2][Fe]([C]1=CC=CC1)[C]1=CC=CC1. The maximum absolute atomic E-state index is 9.44. The molecule has 0 saturated carbocycles. The molecule has 0 N–H and O–H groups in total. The van der Waals surface area contributed by atoms with Crippen LogP contribution < -0.4 is 0 Å². The van der Waals surface area contributed by atoms with Gasteiger partial charge in [-0.1, -0.05) is 0 Å². The van der Waals surface area contributed by atoms with Crippen LogP contribution in [0.4, 0.5) is 0 Å². The molecule has 0 aromatic rings. The van der Waals surface area contributed by atoms with Crippen LogP contribution in [0.15, 0.2) is 45.4 Å². The van der Waals surface area contributed by atoms with Crippen molar-refractivity contribution < 1.29 is 18.7 Å². The van der Waals surface area contributed by atoms with E-state index in [2.05, 4.69) is 43.4 Å². The van der Waals surface area contributed by atoms with E-state index in [1.54, 1.807) is 8.94 Å². The fraction of sp³-hybridized carbons (Fsp3) is 0.400. The standard InChI is InChI=1S/2C5H5.C3H6O.C2H5.Fe/c2*1-2-4-5-3-1;1-3(2)4;1-2;/h2*1-3H,4H2;1-2H3;1H2,2H3;. The van der Waals surface area contributed by atoms with Gasteiger partial charge in [-0.15, -0.1) is 0 Å². The van der Waals surface area contributed by atoms with Crippen molar-refractivity contribution in [1.29, 1.82) is 0 Å². The van der Waals surface area contributed by atoms with Crippen LogP contribution in [0.3, 0.4) is 0 Å². The van der Waals surface area contributed by atoms with Crippen molar-refractivity contribution in [3.8, 4) is 0 Å². The molecule has 0 unspecified atom stereocenters. The predicted octanol–water partition coefficient (Wildman–Crippen LogP) is 4.33. The van der Waals surface area contributed by atoms with Crippen molar-refractivity contribution >= 4 is 5.78 Å². The number of ketones is 1. The van der Waals surface area contributed by atoms with Gasteiger partial charge in [-0.2, -0.15) is 0 Å². The molecule has 2 aliphatic carbocycles. The van der Waals surface area contributed by atoms with Crippen molar-refractivity contribution in [3.05, 3.63) is 45.4 Å². The Morgan fingerprint density at radius 2 is 1.53 bits per heavy atom. The van der Waals surface area contributed by atoms with Gasteiger partial charge in [0.25, 0.3) is 0 Å². The number of carbonyl (C=O) groups is 1. The van der Waals surface area contributed by atoms with Crippen LogP contribution in [0.1, 0.15) is 33.6 Å². The number of allylic oxidation sites excluding steroid dienone is 8. The Balaban J connectivity index is 0.000000317. The molecule has 2 heteroatoms. The summed E-state index contributed by atoms with van der Waals surface area (Å²) in [6, 6.07) is 0. The molecule has 0 radical (unpaired) electrons. The quantitative estimate of drug-likeness (QED) is 0.699. The van der Waals surface area contributed by atoms with E-state index in [-0.39, 0.29) is 19.7 Å². The number of Topliss-reactive ketones (excluding diaryl/α,β-unsaturated/α-hetero) is 1. The van der Waals surface area contributed by atoms with Crippen LogP contribution >= 0.6 is 0 Å². The van der Waals surface area contributed by atoms with E-state index in [1.165, 1.54) is 32.0 Å². The molecular weight excluding hydrogens is 252 g/mol. The van der Waals surface area contributed by atoms with Gasteiger partial charge in [0.1, 0.15) is 5.78 Å². The third-order valence-corrected chi connectivity index (χ3v) is 5.54. The molecule has 0 bridgehead atoms. The minimum atomic E-state index is -0.153. The van der Waals surface area contributed by atoms with E-state index in [4.69, 9.17) is 0 Å². The number of hydrogen-bond acceptors (Lipinski definition) is 1. The maximum atomic E-state index is 9.44. The predicted molar refractivity (Wildman–Crippen MR) is 70.5 cm³/mol. The third-order valence-electron chi connectivity index (χ3n) is 2.23. The van der Waals surface area contributed by atoms with Crippen LogP contribution in [0.2, 0.25) is 5.32 Å². The van der Waals surface area contributed by atoms with E-state index in [0.29, 0.717) is 0 Å². The van der Waals surface area contributed by atoms with Gasteiger partial charge >= 0.3 is 84.4 Å². The molecule has 0 fully saturated rings. The first-order chi connectivity index (χ1) is 8.15. The molecule has 2 rings (SSSR count). The Morgan fingerprint density at radius 1 is 1.12 bits per heavy atom. The first-order valence-corrected chi connectivity index (χ1v) is 7.83. The summed E-state index contributed by atoms with van der Waals surface area (Å²) >= 11 is -0.153. The van der Waals surface area contributed by atoms with Gasteiger partial charge < -0.3 is 4.79 Å². The first kappa shape index (κ1) is 14.2. The molecule has 0 aromatic carbocycles. The molecule has 0 aliphatic heterocycles. The molecule has 2 aliphatic rings. The van der Waals surface area contributed by atoms with E-state index >= 15 is 0 Å². The summed E-state index contributed by atoms with van der Waals surface area (Å²) in [6.45, 7) is 5.37. The number of carbonyl (C=O) groups excluding carboxylic acids is 1. The van der Waals surface area contributed by atoms with E-state index < -0.39 is 0 Å². The molecule has 0 heterocycles. The number of rotatable bonds is 3. The third kappa shape index (κ3) is 4.89. The molecule has 0 amide bonds. The average molecular weight is 273 g/mol. The van der Waals surface area contributed by atoms with Crippen molar-refractivity contribution in [1.82, 2.24) is 0 Å². The summed E-state index contributed by atoms with van der Waals surface area (Å²) in [5.74, 6) is 0.167. The van der Waals surface area contributed by atoms with Crippen molar-refractivity contribution in [2.75, 3.05) is 0 Å². The zero-order chi connectivity index (χ0) is 12.7. The fourth-order valence-electron chi connectivity index (χ4n) is 1.62. The minimum absolute atomic E-state index is 0.153. The molecule has 0 atom stereocenters. The van der Waals surface area contributed by atoms with Gasteiger partial charge in [-0.3, -0.25) is 0 Å². The van der Waals surface area contributed by atoms with Crippen LogP contribution in [0.25, 0.3) is 0 Å². The van der Waals surface area contributed by atoms with Crippen molar-refractivity contribution in [2.45, 2.75) is 38.9 Å². The normalized spacial score (nSPS) is 17.2. The van der Waals surface area contributed by atoms with Crippen LogP contribution in [0, 0.1) is 0 Å². The van der Waals surface area contributed by atoms with Crippen molar-refractivity contribution in [3.63, 3.8) is 0 Å². The molecule has 0 aromatic heterocycles. The van der Waals surface area contributed by atoms with Gasteiger partial charge in [0.2, 0.25) is 0 Å². The zero-order valence-electron chi connectivity index (χ0n) is 10.8. The number of hydrogen-bond donors (Lipinski definition) is 0. The van der Waals surface area contributed by atoms with Gasteiger partial charge in [-0.25, -0.2) is 0 Å². The van der Waals surface area contributed by atoms with E-state index in [9.17, 15) is 4.79 Å². The van der Waals surface area contributed by atoms with Crippen molar-refractivity contribution in [2.24, 2.45) is 0 Å². The Bertz CT molecular complexity index is 352.